The Kier molecular flexibility index (Phi) is 11.1. The molecule has 29 heavy (non-hydrogen) atoms. The van der Waals surface area contributed by atoms with Crippen LogP contribution >= 0.6 is 35.3 Å². The molecular formula is C19H28IN5O3S. The molecule has 8 nitrogen and oxygen atoms in total. The fraction of sp³-hybridized carbons (Fsp3) is 0.474. The van der Waals surface area contributed by atoms with E-state index in [1.807, 2.05) is 13.8 Å². The molecule has 0 amide bonds. The Hall–Kier alpha value is -1.79. The minimum Gasteiger partial charge on any atom is -0.462 e. The number of nitrogens with one attached hydrogen (secondary N) is 2. The summed E-state index contributed by atoms with van der Waals surface area (Å²) in [5.74, 6) is 0.214. The van der Waals surface area contributed by atoms with E-state index < -0.39 is 6.10 Å². The van der Waals surface area contributed by atoms with Crippen molar-refractivity contribution in [3.8, 4) is 0 Å². The van der Waals surface area contributed by atoms with Crippen molar-refractivity contribution in [2.75, 3.05) is 19.7 Å². The van der Waals surface area contributed by atoms with Gasteiger partial charge in [-0.3, -0.25) is 9.98 Å². The van der Waals surface area contributed by atoms with Gasteiger partial charge in [0.05, 0.1) is 31.0 Å². The lowest BCUT2D eigenvalue weighted by Gasteiger charge is -2.17. The second-order valence-corrected chi connectivity index (χ2v) is 7.10. The van der Waals surface area contributed by atoms with E-state index in [9.17, 15) is 9.90 Å². The lowest BCUT2D eigenvalue weighted by molar-refractivity contribution is 0.0531. The number of aliphatic hydroxyl groups excluding tert-OH is 1. The van der Waals surface area contributed by atoms with Crippen LogP contribution in [0.5, 0.6) is 0 Å². The number of guanidine groups is 1. The van der Waals surface area contributed by atoms with Crippen LogP contribution in [0.2, 0.25) is 0 Å². The summed E-state index contributed by atoms with van der Waals surface area (Å²) in [7, 11) is 0. The van der Waals surface area contributed by atoms with Gasteiger partial charge >= 0.3 is 5.97 Å². The Morgan fingerprint density at radius 2 is 2.03 bits per heavy atom. The van der Waals surface area contributed by atoms with Crippen molar-refractivity contribution in [1.82, 2.24) is 20.6 Å². The van der Waals surface area contributed by atoms with Crippen LogP contribution in [0.4, 0.5) is 0 Å². The Morgan fingerprint density at radius 1 is 1.34 bits per heavy atom. The Bertz CT molecular complexity index is 800. The van der Waals surface area contributed by atoms with Gasteiger partial charge in [0.1, 0.15) is 9.88 Å². The van der Waals surface area contributed by atoms with E-state index in [4.69, 9.17) is 4.74 Å². The summed E-state index contributed by atoms with van der Waals surface area (Å²) in [4.78, 5) is 25.4. The van der Waals surface area contributed by atoms with Gasteiger partial charge in [-0.05, 0) is 45.4 Å². The summed E-state index contributed by atoms with van der Waals surface area (Å²) < 4.78 is 5.07. The molecule has 0 spiro atoms. The fourth-order valence-electron chi connectivity index (χ4n) is 2.44. The molecule has 3 N–H and O–H groups in total. The first-order valence-electron chi connectivity index (χ1n) is 9.23. The third kappa shape index (κ3) is 7.52. The van der Waals surface area contributed by atoms with Crippen molar-refractivity contribution in [2.24, 2.45) is 4.99 Å². The predicted octanol–water partition coefficient (Wildman–Crippen LogP) is 2.99. The van der Waals surface area contributed by atoms with Gasteiger partial charge in [0.2, 0.25) is 0 Å². The third-order valence-corrected chi connectivity index (χ3v) is 5.18. The lowest BCUT2D eigenvalue weighted by atomic mass is 10.1. The molecule has 0 saturated carbocycles. The zero-order chi connectivity index (χ0) is 20.5. The average Bonchev–Trinajstić information content (AvgIpc) is 3.09. The molecule has 0 aliphatic carbocycles. The molecule has 2 rings (SSSR count). The van der Waals surface area contributed by atoms with Crippen LogP contribution in [-0.2, 0) is 4.74 Å². The number of rotatable bonds is 8. The third-order valence-electron chi connectivity index (χ3n) is 3.86. The largest absolute Gasteiger partial charge is 0.462 e. The number of carbonyl (C=O) groups excluding carboxylic acids is 1. The van der Waals surface area contributed by atoms with Crippen molar-refractivity contribution >= 4 is 47.2 Å². The molecule has 0 aliphatic heterocycles. The highest BCUT2D eigenvalue weighted by Crippen LogP contribution is 2.24. The number of pyridine rings is 1. The van der Waals surface area contributed by atoms with E-state index in [0.29, 0.717) is 29.7 Å². The number of esters is 1. The molecule has 10 heteroatoms. The first-order valence-corrected chi connectivity index (χ1v) is 10.0. The quantitative estimate of drug-likeness (QED) is 0.207. The maximum absolute atomic E-state index is 12.0. The summed E-state index contributed by atoms with van der Waals surface area (Å²) in [6, 6.07) is 3.36. The van der Waals surface area contributed by atoms with Crippen molar-refractivity contribution in [1.29, 1.82) is 0 Å². The minimum atomic E-state index is -0.716. The smallest absolute Gasteiger partial charge is 0.350 e. The van der Waals surface area contributed by atoms with Crippen molar-refractivity contribution < 1.29 is 14.6 Å². The number of halogens is 1. The van der Waals surface area contributed by atoms with E-state index >= 15 is 0 Å². The number of aliphatic imine (C=N–C) groups is 1. The molecule has 2 aromatic heterocycles. The Morgan fingerprint density at radius 3 is 2.66 bits per heavy atom. The van der Waals surface area contributed by atoms with Gasteiger partial charge < -0.3 is 20.5 Å². The fourth-order valence-corrected chi connectivity index (χ4v) is 3.41. The highest BCUT2D eigenvalue weighted by atomic mass is 127. The van der Waals surface area contributed by atoms with E-state index in [0.717, 1.165) is 10.6 Å². The Balaban J connectivity index is 0.00000420. The minimum absolute atomic E-state index is 0. The number of hydrogen-bond donors (Lipinski definition) is 3. The summed E-state index contributed by atoms with van der Waals surface area (Å²) >= 11 is 1.31. The van der Waals surface area contributed by atoms with Crippen LogP contribution in [0.3, 0.4) is 0 Å². The molecule has 2 atom stereocenters. The molecule has 0 aliphatic rings. The van der Waals surface area contributed by atoms with E-state index in [1.165, 1.54) is 11.3 Å². The number of aryl methyl sites for hydroxylation is 1. The van der Waals surface area contributed by atoms with Gasteiger partial charge in [-0.2, -0.15) is 0 Å². The zero-order valence-electron chi connectivity index (χ0n) is 17.0. The number of aromatic nitrogens is 2. The van der Waals surface area contributed by atoms with Gasteiger partial charge in [-0.1, -0.05) is 0 Å². The van der Waals surface area contributed by atoms with E-state index in [-0.39, 0.29) is 42.5 Å². The lowest BCUT2D eigenvalue weighted by Crippen LogP contribution is -2.39. The van der Waals surface area contributed by atoms with E-state index in [2.05, 4.69) is 25.6 Å². The van der Waals surface area contributed by atoms with Gasteiger partial charge in [-0.25, -0.2) is 9.78 Å². The summed E-state index contributed by atoms with van der Waals surface area (Å²) in [6.45, 7) is 8.69. The van der Waals surface area contributed by atoms with Gasteiger partial charge in [0, 0.05) is 18.9 Å². The topological polar surface area (TPSA) is 109 Å². The number of ether oxygens (including phenoxy) is 1. The SMILES string of the molecule is CCNC(=NCC(O)c1ccncc1)NC(C)c1nc(C)c(C(=O)OCC)s1.I. The van der Waals surface area contributed by atoms with Crippen molar-refractivity contribution in [3.05, 3.63) is 45.7 Å². The van der Waals surface area contributed by atoms with Gasteiger partial charge in [0.15, 0.2) is 5.96 Å². The molecule has 2 aromatic rings. The first kappa shape index (κ1) is 25.2. The van der Waals surface area contributed by atoms with Crippen LogP contribution < -0.4 is 10.6 Å². The molecule has 2 heterocycles. The molecule has 0 bridgehead atoms. The maximum Gasteiger partial charge on any atom is 0.350 e. The van der Waals surface area contributed by atoms with Gasteiger partial charge in [-0.15, -0.1) is 35.3 Å². The number of thiazole rings is 1. The number of carbonyl (C=O) groups is 1. The van der Waals surface area contributed by atoms with Crippen molar-refractivity contribution in [3.63, 3.8) is 0 Å². The summed E-state index contributed by atoms with van der Waals surface area (Å²) in [5, 5.41) is 17.5. The van der Waals surface area contributed by atoms with Gasteiger partial charge in [0.25, 0.3) is 0 Å². The molecule has 0 aromatic carbocycles. The van der Waals surface area contributed by atoms with Crippen molar-refractivity contribution in [2.45, 2.75) is 39.8 Å². The second kappa shape index (κ2) is 12.7. The molecule has 160 valence electrons. The second-order valence-electron chi connectivity index (χ2n) is 6.07. The van der Waals surface area contributed by atoms with Crippen LogP contribution in [-0.4, -0.2) is 46.7 Å². The number of hydrogen-bond acceptors (Lipinski definition) is 7. The number of nitrogens with zero attached hydrogens (tertiary/aromatic N) is 3. The van der Waals surface area contributed by atoms with Crippen LogP contribution in [0.25, 0.3) is 0 Å². The van der Waals surface area contributed by atoms with Crippen LogP contribution in [0.15, 0.2) is 29.5 Å². The predicted molar refractivity (Wildman–Crippen MR) is 125 cm³/mol. The van der Waals surface area contributed by atoms with Crippen LogP contribution in [0, 0.1) is 6.92 Å². The molecule has 0 saturated heterocycles. The first-order chi connectivity index (χ1) is 13.5. The van der Waals surface area contributed by atoms with E-state index in [1.54, 1.807) is 38.4 Å². The average molecular weight is 533 g/mol. The summed E-state index contributed by atoms with van der Waals surface area (Å²) in [6.07, 6.45) is 2.56. The highest BCUT2D eigenvalue weighted by molar-refractivity contribution is 14.0. The number of aliphatic hydroxyl groups is 1. The zero-order valence-corrected chi connectivity index (χ0v) is 20.2. The normalized spacial score (nSPS) is 13.2. The standard InChI is InChI=1S/C19H27N5O3S.HI/c1-5-21-19(22-11-15(25)14-7-9-20-10-8-14)24-13(4)17-23-12(3)16(28-17)18(26)27-6-2;/h7-10,13,15,25H,5-6,11H2,1-4H3,(H2,21,22,24);1H. The van der Waals surface area contributed by atoms with Crippen LogP contribution in [0.1, 0.15) is 58.9 Å². The monoisotopic (exact) mass is 533 g/mol. The Labute approximate surface area is 192 Å². The molecule has 0 radical (unpaired) electrons. The maximum atomic E-state index is 12.0. The molecule has 2 unspecified atom stereocenters. The molecular weight excluding hydrogens is 505 g/mol. The summed E-state index contributed by atoms with van der Waals surface area (Å²) in [5.41, 5.74) is 1.42. The molecule has 0 fully saturated rings. The highest BCUT2D eigenvalue weighted by Gasteiger charge is 2.20.